The predicted molar refractivity (Wildman–Crippen MR) is 77.5 cm³/mol. The summed E-state index contributed by atoms with van der Waals surface area (Å²) in [7, 11) is 3.59. The van der Waals surface area contributed by atoms with Gasteiger partial charge in [0.15, 0.2) is 0 Å². The minimum atomic E-state index is -0.186. The van der Waals surface area contributed by atoms with Crippen LogP contribution < -0.4 is 10.1 Å². The van der Waals surface area contributed by atoms with Crippen LogP contribution in [0.5, 0.6) is 5.75 Å². The van der Waals surface area contributed by atoms with Gasteiger partial charge in [0.2, 0.25) is 0 Å². The molecule has 0 saturated heterocycles. The van der Waals surface area contributed by atoms with Crippen LogP contribution in [0.1, 0.15) is 22.0 Å². The van der Waals surface area contributed by atoms with Crippen molar-refractivity contribution in [2.24, 2.45) is 0 Å². The summed E-state index contributed by atoms with van der Waals surface area (Å²) in [4.78, 5) is 1.15. The predicted octanol–water partition coefficient (Wildman–Crippen LogP) is 3.71. The van der Waals surface area contributed by atoms with E-state index in [-0.39, 0.29) is 11.9 Å². The number of halogens is 1. The van der Waals surface area contributed by atoms with E-state index in [9.17, 15) is 4.39 Å². The molecule has 1 aromatic heterocycles. The van der Waals surface area contributed by atoms with E-state index in [1.165, 1.54) is 6.07 Å². The highest BCUT2D eigenvalue weighted by atomic mass is 32.1. The number of benzene rings is 1. The standard InChI is InChI=1S/C15H18FNOS/c1-10-4-5-12(16)8-11(10)9-13(17-2)15-14(18-3)6-7-19-15/h4-8,13,17H,9H2,1-3H3. The number of thiophene rings is 1. The van der Waals surface area contributed by atoms with Gasteiger partial charge in [0.05, 0.1) is 12.0 Å². The van der Waals surface area contributed by atoms with Crippen LogP contribution in [-0.2, 0) is 6.42 Å². The van der Waals surface area contributed by atoms with Crippen LogP contribution in [0.15, 0.2) is 29.6 Å². The molecule has 102 valence electrons. The SMILES string of the molecule is CNC(Cc1cc(F)ccc1C)c1sccc1OC. The lowest BCUT2D eigenvalue weighted by molar-refractivity contribution is 0.405. The largest absolute Gasteiger partial charge is 0.496 e. The third-order valence-electron chi connectivity index (χ3n) is 3.28. The zero-order valence-electron chi connectivity index (χ0n) is 11.4. The van der Waals surface area contributed by atoms with Crippen molar-refractivity contribution in [3.63, 3.8) is 0 Å². The first kappa shape index (κ1) is 14.0. The average Bonchev–Trinajstić information content (AvgIpc) is 2.88. The molecule has 1 heterocycles. The van der Waals surface area contributed by atoms with Gasteiger partial charge in [0.1, 0.15) is 11.6 Å². The van der Waals surface area contributed by atoms with Crippen molar-refractivity contribution in [1.29, 1.82) is 0 Å². The molecule has 0 aliphatic carbocycles. The van der Waals surface area contributed by atoms with Gasteiger partial charge in [-0.25, -0.2) is 4.39 Å². The number of ether oxygens (including phenoxy) is 1. The third kappa shape index (κ3) is 3.14. The Morgan fingerprint density at radius 2 is 2.16 bits per heavy atom. The molecule has 19 heavy (non-hydrogen) atoms. The molecule has 1 atom stereocenters. The van der Waals surface area contributed by atoms with Crippen molar-refractivity contribution in [2.75, 3.05) is 14.2 Å². The molecular weight excluding hydrogens is 261 g/mol. The first-order chi connectivity index (χ1) is 9.15. The van der Waals surface area contributed by atoms with E-state index in [0.29, 0.717) is 0 Å². The number of rotatable bonds is 5. The molecule has 0 fully saturated rings. The Bertz CT molecular complexity index is 553. The van der Waals surface area contributed by atoms with Gasteiger partial charge < -0.3 is 10.1 Å². The molecule has 0 aliphatic heterocycles. The molecule has 1 aromatic carbocycles. The number of hydrogen-bond acceptors (Lipinski definition) is 3. The molecule has 1 unspecified atom stereocenters. The van der Waals surface area contributed by atoms with Crippen molar-refractivity contribution >= 4 is 11.3 Å². The topological polar surface area (TPSA) is 21.3 Å². The highest BCUT2D eigenvalue weighted by molar-refractivity contribution is 7.10. The normalized spacial score (nSPS) is 12.4. The zero-order chi connectivity index (χ0) is 13.8. The van der Waals surface area contributed by atoms with Crippen molar-refractivity contribution < 1.29 is 9.13 Å². The van der Waals surface area contributed by atoms with Crippen LogP contribution in [0.4, 0.5) is 4.39 Å². The second kappa shape index (κ2) is 6.17. The van der Waals surface area contributed by atoms with E-state index in [2.05, 4.69) is 5.32 Å². The fourth-order valence-corrected chi connectivity index (χ4v) is 3.11. The van der Waals surface area contributed by atoms with Crippen LogP contribution >= 0.6 is 11.3 Å². The Hall–Kier alpha value is -1.39. The zero-order valence-corrected chi connectivity index (χ0v) is 12.2. The summed E-state index contributed by atoms with van der Waals surface area (Å²) in [5, 5.41) is 5.29. The number of hydrogen-bond donors (Lipinski definition) is 1. The van der Waals surface area contributed by atoms with Crippen molar-refractivity contribution in [3.05, 3.63) is 51.5 Å². The van der Waals surface area contributed by atoms with Crippen molar-refractivity contribution in [2.45, 2.75) is 19.4 Å². The summed E-state index contributed by atoms with van der Waals surface area (Å²) in [5.74, 6) is 0.701. The van der Waals surface area contributed by atoms with Crippen LogP contribution in [-0.4, -0.2) is 14.2 Å². The van der Waals surface area contributed by atoms with Gasteiger partial charge in [-0.2, -0.15) is 0 Å². The highest BCUT2D eigenvalue weighted by Gasteiger charge is 2.17. The maximum Gasteiger partial charge on any atom is 0.134 e. The molecular formula is C15H18FNOS. The lowest BCUT2D eigenvalue weighted by Crippen LogP contribution is -2.18. The molecule has 0 bridgehead atoms. The molecule has 1 N–H and O–H groups in total. The molecule has 0 saturated carbocycles. The minimum absolute atomic E-state index is 0.135. The molecule has 2 rings (SSSR count). The second-order valence-corrected chi connectivity index (χ2v) is 5.42. The maximum absolute atomic E-state index is 13.3. The van der Waals surface area contributed by atoms with Crippen LogP contribution in [0.25, 0.3) is 0 Å². The highest BCUT2D eigenvalue weighted by Crippen LogP contribution is 2.33. The van der Waals surface area contributed by atoms with Gasteiger partial charge in [0.25, 0.3) is 0 Å². The van der Waals surface area contributed by atoms with Gasteiger partial charge >= 0.3 is 0 Å². The van der Waals surface area contributed by atoms with Gasteiger partial charge in [0, 0.05) is 6.04 Å². The lowest BCUT2D eigenvalue weighted by Gasteiger charge is -2.17. The van der Waals surface area contributed by atoms with Gasteiger partial charge in [-0.1, -0.05) is 6.07 Å². The molecule has 0 amide bonds. The minimum Gasteiger partial charge on any atom is -0.496 e. The maximum atomic E-state index is 13.3. The molecule has 2 aromatic rings. The fourth-order valence-electron chi connectivity index (χ4n) is 2.14. The second-order valence-electron chi connectivity index (χ2n) is 4.47. The summed E-state index contributed by atoms with van der Waals surface area (Å²) in [6.45, 7) is 2.01. The molecule has 0 spiro atoms. The van der Waals surface area contributed by atoms with Crippen molar-refractivity contribution in [1.82, 2.24) is 5.32 Å². The number of likely N-dealkylation sites (N-methyl/N-ethyl adjacent to an activating group) is 1. The lowest BCUT2D eigenvalue weighted by atomic mass is 10.00. The molecule has 0 aliphatic rings. The van der Waals surface area contributed by atoms with Crippen LogP contribution in [0.3, 0.4) is 0 Å². The van der Waals surface area contributed by atoms with E-state index >= 15 is 0 Å². The Labute approximate surface area is 117 Å². The van der Waals surface area contributed by atoms with Gasteiger partial charge in [-0.15, -0.1) is 11.3 Å². The monoisotopic (exact) mass is 279 g/mol. The van der Waals surface area contributed by atoms with Crippen LogP contribution in [0.2, 0.25) is 0 Å². The molecule has 2 nitrogen and oxygen atoms in total. The summed E-state index contributed by atoms with van der Waals surface area (Å²) in [6.07, 6.45) is 0.747. The average molecular weight is 279 g/mol. The Morgan fingerprint density at radius 1 is 1.37 bits per heavy atom. The number of methoxy groups -OCH3 is 1. The first-order valence-electron chi connectivity index (χ1n) is 6.19. The molecule has 0 radical (unpaired) electrons. The third-order valence-corrected chi connectivity index (χ3v) is 4.29. The van der Waals surface area contributed by atoms with E-state index in [0.717, 1.165) is 28.2 Å². The Morgan fingerprint density at radius 3 is 2.84 bits per heavy atom. The summed E-state index contributed by atoms with van der Waals surface area (Å²) < 4.78 is 18.7. The number of aryl methyl sites for hydroxylation is 1. The quantitative estimate of drug-likeness (QED) is 0.901. The van der Waals surface area contributed by atoms with E-state index in [1.807, 2.05) is 31.5 Å². The Balaban J connectivity index is 2.26. The summed E-state index contributed by atoms with van der Waals surface area (Å²) in [5.41, 5.74) is 2.13. The van der Waals surface area contributed by atoms with Crippen molar-refractivity contribution in [3.8, 4) is 5.75 Å². The summed E-state index contributed by atoms with van der Waals surface area (Å²) >= 11 is 1.65. The smallest absolute Gasteiger partial charge is 0.134 e. The first-order valence-corrected chi connectivity index (χ1v) is 7.07. The van der Waals surface area contributed by atoms with Gasteiger partial charge in [-0.3, -0.25) is 0 Å². The van der Waals surface area contributed by atoms with E-state index in [1.54, 1.807) is 24.5 Å². The van der Waals surface area contributed by atoms with E-state index in [4.69, 9.17) is 4.74 Å². The number of nitrogens with one attached hydrogen (secondary N) is 1. The summed E-state index contributed by atoms with van der Waals surface area (Å²) in [6, 6.07) is 7.03. The Kier molecular flexibility index (Phi) is 4.56. The fraction of sp³-hybridized carbons (Fsp3) is 0.333. The van der Waals surface area contributed by atoms with Gasteiger partial charge in [-0.05, 0) is 55.1 Å². The van der Waals surface area contributed by atoms with E-state index < -0.39 is 0 Å². The molecule has 4 heteroatoms. The van der Waals surface area contributed by atoms with Crippen LogP contribution in [0, 0.1) is 12.7 Å².